The van der Waals surface area contributed by atoms with Gasteiger partial charge in [0.2, 0.25) is 0 Å². The first kappa shape index (κ1) is 14.7. The molecule has 1 aromatic carbocycles. The molecule has 1 heterocycles. The third-order valence-electron chi connectivity index (χ3n) is 3.49. The lowest BCUT2D eigenvalue weighted by atomic mass is 9.99. The van der Waals surface area contributed by atoms with Gasteiger partial charge in [-0.05, 0) is 36.5 Å². The van der Waals surface area contributed by atoms with E-state index >= 15 is 0 Å². The Morgan fingerprint density at radius 2 is 1.84 bits per heavy atom. The average molecular weight is 334 g/mol. The highest BCUT2D eigenvalue weighted by Crippen LogP contribution is 2.27. The van der Waals surface area contributed by atoms with Crippen molar-refractivity contribution in [1.29, 1.82) is 0 Å². The van der Waals surface area contributed by atoms with Crippen LogP contribution in [0.1, 0.15) is 18.4 Å². The highest BCUT2D eigenvalue weighted by Gasteiger charge is 2.20. The van der Waals surface area contributed by atoms with Crippen molar-refractivity contribution < 1.29 is 13.5 Å². The standard InChI is InChI=1S/C14H18BrF2NO/c1-18(9-10-2-4-19-5-3-10)14-12(16)6-11(8-15)7-13(14)17/h6-7,10H,2-5,8-9H2,1H3. The molecule has 1 aliphatic rings. The largest absolute Gasteiger partial charge is 0.381 e. The Bertz CT molecular complexity index is 412. The average Bonchev–Trinajstić information content (AvgIpc) is 2.38. The van der Waals surface area contributed by atoms with Crippen LogP contribution in [0.2, 0.25) is 0 Å². The van der Waals surface area contributed by atoms with Gasteiger partial charge in [-0.3, -0.25) is 0 Å². The minimum Gasteiger partial charge on any atom is -0.381 e. The van der Waals surface area contributed by atoms with Gasteiger partial charge in [0.05, 0.1) is 0 Å². The fourth-order valence-electron chi connectivity index (χ4n) is 2.47. The summed E-state index contributed by atoms with van der Waals surface area (Å²) in [5.74, 6) is -0.554. The fraction of sp³-hybridized carbons (Fsp3) is 0.571. The SMILES string of the molecule is CN(CC1CCOCC1)c1c(F)cc(CBr)cc1F. The van der Waals surface area contributed by atoms with Gasteiger partial charge in [0.1, 0.15) is 17.3 Å². The van der Waals surface area contributed by atoms with Crippen molar-refractivity contribution in [3.8, 4) is 0 Å². The van der Waals surface area contributed by atoms with Gasteiger partial charge < -0.3 is 9.64 Å². The van der Waals surface area contributed by atoms with E-state index < -0.39 is 11.6 Å². The van der Waals surface area contributed by atoms with E-state index in [0.29, 0.717) is 23.4 Å². The van der Waals surface area contributed by atoms with E-state index in [0.717, 1.165) is 26.1 Å². The summed E-state index contributed by atoms with van der Waals surface area (Å²) >= 11 is 3.21. The Balaban J connectivity index is 2.11. The van der Waals surface area contributed by atoms with Gasteiger partial charge in [-0.2, -0.15) is 0 Å². The molecule has 0 aliphatic carbocycles. The molecule has 106 valence electrons. The maximum Gasteiger partial charge on any atom is 0.149 e. The van der Waals surface area contributed by atoms with Crippen molar-refractivity contribution >= 4 is 21.6 Å². The Morgan fingerprint density at radius 1 is 1.26 bits per heavy atom. The van der Waals surface area contributed by atoms with E-state index in [1.807, 2.05) is 0 Å². The van der Waals surface area contributed by atoms with Crippen LogP contribution in [0.25, 0.3) is 0 Å². The number of alkyl halides is 1. The lowest BCUT2D eigenvalue weighted by Crippen LogP contribution is -2.30. The fourth-order valence-corrected chi connectivity index (χ4v) is 2.79. The predicted molar refractivity (Wildman–Crippen MR) is 75.8 cm³/mol. The van der Waals surface area contributed by atoms with Crippen LogP contribution in [0.5, 0.6) is 0 Å². The third-order valence-corrected chi connectivity index (χ3v) is 4.13. The second-order valence-corrected chi connectivity index (χ2v) is 5.54. The Morgan fingerprint density at radius 3 is 2.37 bits per heavy atom. The van der Waals surface area contributed by atoms with Crippen LogP contribution in [-0.2, 0) is 10.1 Å². The molecular formula is C14H18BrF2NO. The molecule has 0 saturated carbocycles. The van der Waals surface area contributed by atoms with Crippen molar-refractivity contribution in [2.45, 2.75) is 18.2 Å². The van der Waals surface area contributed by atoms with Crippen molar-refractivity contribution in [2.24, 2.45) is 5.92 Å². The molecule has 0 unspecified atom stereocenters. The first-order valence-corrected chi connectivity index (χ1v) is 7.56. The molecule has 1 saturated heterocycles. The molecular weight excluding hydrogens is 316 g/mol. The molecule has 0 N–H and O–H groups in total. The minimum atomic E-state index is -0.496. The zero-order valence-electron chi connectivity index (χ0n) is 11.0. The van der Waals surface area contributed by atoms with E-state index in [9.17, 15) is 8.78 Å². The monoisotopic (exact) mass is 333 g/mol. The van der Waals surface area contributed by atoms with Gasteiger partial charge in [-0.1, -0.05) is 15.9 Å². The molecule has 0 aromatic heterocycles. The summed E-state index contributed by atoms with van der Waals surface area (Å²) in [5.41, 5.74) is 0.675. The molecule has 0 bridgehead atoms. The second kappa shape index (κ2) is 6.66. The van der Waals surface area contributed by atoms with Crippen LogP contribution in [0.15, 0.2) is 12.1 Å². The molecule has 0 amide bonds. The van der Waals surface area contributed by atoms with E-state index in [4.69, 9.17) is 4.74 Å². The zero-order valence-corrected chi connectivity index (χ0v) is 12.6. The van der Waals surface area contributed by atoms with Crippen LogP contribution in [-0.4, -0.2) is 26.8 Å². The first-order chi connectivity index (χ1) is 9.11. The molecule has 0 spiro atoms. The van der Waals surface area contributed by atoms with Crippen molar-refractivity contribution in [2.75, 3.05) is 31.7 Å². The van der Waals surface area contributed by atoms with Crippen LogP contribution in [0, 0.1) is 17.6 Å². The van der Waals surface area contributed by atoms with E-state index in [1.54, 1.807) is 11.9 Å². The first-order valence-electron chi connectivity index (χ1n) is 6.44. The number of ether oxygens (including phenoxy) is 1. The molecule has 1 fully saturated rings. The van der Waals surface area contributed by atoms with Crippen LogP contribution < -0.4 is 4.90 Å². The molecule has 0 atom stereocenters. The summed E-state index contributed by atoms with van der Waals surface area (Å²) in [5, 5.41) is 0.449. The molecule has 0 radical (unpaired) electrons. The van der Waals surface area contributed by atoms with Crippen LogP contribution in [0.4, 0.5) is 14.5 Å². The number of nitrogens with zero attached hydrogens (tertiary/aromatic N) is 1. The summed E-state index contributed by atoms with van der Waals surface area (Å²) < 4.78 is 33.2. The third kappa shape index (κ3) is 3.66. The number of hydrogen-bond donors (Lipinski definition) is 0. The van der Waals surface area contributed by atoms with Gasteiger partial charge in [0.25, 0.3) is 0 Å². The molecule has 1 aromatic rings. The number of rotatable bonds is 4. The maximum absolute atomic E-state index is 14.0. The molecule has 1 aliphatic heterocycles. The van der Waals surface area contributed by atoms with Gasteiger partial charge in [-0.25, -0.2) is 8.78 Å². The number of halogens is 3. The van der Waals surface area contributed by atoms with E-state index in [2.05, 4.69) is 15.9 Å². The summed E-state index contributed by atoms with van der Waals surface area (Å²) in [7, 11) is 1.74. The van der Waals surface area contributed by atoms with E-state index in [1.165, 1.54) is 12.1 Å². The Hall–Kier alpha value is -0.680. The highest BCUT2D eigenvalue weighted by molar-refractivity contribution is 9.08. The predicted octanol–water partition coefficient (Wildman–Crippen LogP) is 3.72. The van der Waals surface area contributed by atoms with Crippen LogP contribution in [0.3, 0.4) is 0 Å². The Labute approximate surface area is 120 Å². The van der Waals surface area contributed by atoms with Gasteiger partial charge in [0.15, 0.2) is 0 Å². The van der Waals surface area contributed by atoms with Crippen LogP contribution >= 0.6 is 15.9 Å². The lowest BCUT2D eigenvalue weighted by molar-refractivity contribution is 0.0684. The number of benzene rings is 1. The van der Waals surface area contributed by atoms with Crippen molar-refractivity contribution in [3.05, 3.63) is 29.3 Å². The smallest absolute Gasteiger partial charge is 0.149 e. The Kier molecular flexibility index (Phi) is 5.16. The summed E-state index contributed by atoms with van der Waals surface area (Å²) in [6.07, 6.45) is 1.90. The molecule has 5 heteroatoms. The maximum atomic E-state index is 14.0. The summed E-state index contributed by atoms with van der Waals surface area (Å²) in [4.78, 5) is 1.68. The lowest BCUT2D eigenvalue weighted by Gasteiger charge is -2.29. The molecule has 19 heavy (non-hydrogen) atoms. The topological polar surface area (TPSA) is 12.5 Å². The van der Waals surface area contributed by atoms with Gasteiger partial charge in [0, 0.05) is 32.1 Å². The number of anilines is 1. The normalized spacial score (nSPS) is 16.6. The molecule has 2 rings (SSSR count). The van der Waals surface area contributed by atoms with Gasteiger partial charge >= 0.3 is 0 Å². The summed E-state index contributed by atoms with van der Waals surface area (Å²) in [6, 6.07) is 2.77. The second-order valence-electron chi connectivity index (χ2n) is 4.98. The highest BCUT2D eigenvalue weighted by atomic mass is 79.9. The number of hydrogen-bond acceptors (Lipinski definition) is 2. The van der Waals surface area contributed by atoms with Crippen molar-refractivity contribution in [1.82, 2.24) is 0 Å². The minimum absolute atomic E-state index is 0.0659. The molecule has 2 nitrogen and oxygen atoms in total. The summed E-state index contributed by atoms with van der Waals surface area (Å²) in [6.45, 7) is 2.14. The van der Waals surface area contributed by atoms with Gasteiger partial charge in [-0.15, -0.1) is 0 Å². The van der Waals surface area contributed by atoms with E-state index in [-0.39, 0.29) is 5.69 Å². The van der Waals surface area contributed by atoms with Crippen molar-refractivity contribution in [3.63, 3.8) is 0 Å². The quantitative estimate of drug-likeness (QED) is 0.778. The zero-order chi connectivity index (χ0) is 13.8.